The van der Waals surface area contributed by atoms with E-state index in [0.29, 0.717) is 89.2 Å². The molecule has 103 heavy (non-hydrogen) atoms. The molecule has 0 bridgehead atoms. The van der Waals surface area contributed by atoms with E-state index in [-0.39, 0.29) is 12.6 Å². The van der Waals surface area contributed by atoms with Gasteiger partial charge in [-0.2, -0.15) is 15.3 Å². The van der Waals surface area contributed by atoms with Crippen molar-refractivity contribution in [1.82, 2.24) is 69.9 Å². The fraction of sp³-hybridized carbons (Fsp3) is 0.451. The summed E-state index contributed by atoms with van der Waals surface area (Å²) in [7, 11) is -10.9. The van der Waals surface area contributed by atoms with Gasteiger partial charge in [0.05, 0.1) is 19.1 Å². The van der Waals surface area contributed by atoms with Crippen molar-refractivity contribution in [3.63, 3.8) is 0 Å². The van der Waals surface area contributed by atoms with Gasteiger partial charge in [-0.15, -0.1) is 34.0 Å². The van der Waals surface area contributed by atoms with Crippen LogP contribution in [0.1, 0.15) is 206 Å². The van der Waals surface area contributed by atoms with E-state index >= 15 is 0 Å². The minimum atomic E-state index is -3.74. The molecule has 0 aliphatic heterocycles. The van der Waals surface area contributed by atoms with Crippen LogP contribution in [0.3, 0.4) is 0 Å². The summed E-state index contributed by atoms with van der Waals surface area (Å²) in [5.41, 5.74) is 3.88. The van der Waals surface area contributed by atoms with Crippen molar-refractivity contribution in [2.45, 2.75) is 215 Å². The first-order valence-corrected chi connectivity index (χ1v) is 50.4. The van der Waals surface area contributed by atoms with Gasteiger partial charge in [-0.05, 0) is 146 Å². The summed E-state index contributed by atoms with van der Waals surface area (Å²) >= 11 is 4.92. The Morgan fingerprint density at radius 1 is 0.515 bits per heavy atom. The molecule has 0 unspecified atom stereocenters. The third-order valence-electron chi connectivity index (χ3n) is 16.4. The minimum absolute atomic E-state index is 0.0783. The van der Waals surface area contributed by atoms with Crippen LogP contribution in [-0.2, 0) is 30.1 Å². The molecule has 3 aliphatic carbocycles. The number of nitrogens with one attached hydrogen (secondary N) is 8. The maximum Gasteiger partial charge on any atom is 0.250 e. The van der Waals surface area contributed by atoms with Crippen molar-refractivity contribution < 1.29 is 25.3 Å². The number of hydrogen-bond acceptors (Lipinski definition) is 21. The average Bonchev–Trinajstić information content (AvgIpc) is 1.70. The predicted octanol–water partition coefficient (Wildman–Crippen LogP) is 18.2. The Bertz CT molecular complexity index is 4720. The van der Waals surface area contributed by atoms with Gasteiger partial charge in [0, 0.05) is 93.8 Å². The molecule has 0 aromatic carbocycles. The van der Waals surface area contributed by atoms with Crippen LogP contribution in [0.5, 0.6) is 0 Å². The number of aromatic amines is 3. The third-order valence-corrected chi connectivity index (χ3v) is 40.6. The monoisotopic (exact) mass is 1690 g/mol. The van der Waals surface area contributed by atoms with Crippen LogP contribution in [0.4, 0.5) is 34.9 Å². The van der Waals surface area contributed by atoms with Crippen LogP contribution in [0.2, 0.25) is 13.3 Å². The van der Waals surface area contributed by atoms with E-state index in [2.05, 4.69) is 140 Å². The number of unbranched alkanes of at least 4 members (excludes halogenated alkanes) is 3. The number of nitrogens with zero attached hydrogens (tertiary/aromatic N) is 9. The van der Waals surface area contributed by atoms with Gasteiger partial charge in [0.1, 0.15) is 30.1 Å². The van der Waals surface area contributed by atoms with E-state index in [1.165, 1.54) is 83.1 Å². The molecule has 9 aromatic heterocycles. The van der Waals surface area contributed by atoms with Gasteiger partial charge in [0.2, 0.25) is 10.0 Å². The minimum Gasteiger partial charge on any atom is -0.322 e. The van der Waals surface area contributed by atoms with Crippen molar-refractivity contribution in [2.24, 2.45) is 5.14 Å². The summed E-state index contributed by atoms with van der Waals surface area (Å²) in [4.78, 5) is 28.9. The number of halogens is 1. The molecule has 10 N–H and O–H groups in total. The molecule has 9 aromatic rings. The standard InChI is InChI=1S/C21H26N6O2S2.C18H21BrN6O2S2.C17H18N6O2S2.3C4H9.C3H5.Sn/c1-5-6-14-12-22-20(16-9-10-18(30-16)31(28,29)27-21(2,3)4)24-19(14)23-17-11-15(25-26-17)13-7-8-13;1-18(2,3)25-29(26,27)15-7-6-13(28-15)17-20-9-11(19)16(22-17)21-14-8-12(23-24-14)10-4-5-10;1-2-3-11-9-19-17(13-6-7-15(26-13)27(18,24)25)21-16(11)20-14-8-12(22-23-14)10-4-5-10;3*1-3-4-2;1-3-2;/h5-6,9-13,27H,7-8H2,1-4H3,(H2,22,23,24,25,26);6-10,25H,4-5H2,1-3H3,(H2,20,21,22,23,24);2-3,6-10H,4-5H2,1H3,(H2,18,24,25)(H2,19,20,21,22,23);3*1,3-4H2,2H3;1,3H,2H3;/b6-5-;;3-2-;;;;;. The van der Waals surface area contributed by atoms with Crippen molar-refractivity contribution in [1.29, 1.82) is 0 Å². The zero-order valence-corrected chi connectivity index (χ0v) is 69.9. The van der Waals surface area contributed by atoms with E-state index < -0.39 is 59.5 Å². The molecule has 24 nitrogen and oxygen atoms in total. The van der Waals surface area contributed by atoms with Gasteiger partial charge in [-0.25, -0.2) is 69.7 Å². The number of sulfonamides is 3. The van der Waals surface area contributed by atoms with E-state index in [1.54, 1.807) is 83.0 Å². The fourth-order valence-electron chi connectivity index (χ4n) is 11.0. The second kappa shape index (κ2) is 35.8. The predicted molar refractivity (Wildman–Crippen MR) is 426 cm³/mol. The first kappa shape index (κ1) is 80.7. The van der Waals surface area contributed by atoms with Crippen LogP contribution in [-0.4, -0.2) is 115 Å². The quantitative estimate of drug-likeness (QED) is 0.0197. The zero-order valence-electron chi connectivity index (χ0n) is 60.6. The van der Waals surface area contributed by atoms with Gasteiger partial charge < -0.3 is 16.0 Å². The Morgan fingerprint density at radius 2 is 0.854 bits per heavy atom. The normalized spacial score (nSPS) is 14.5. The molecule has 9 heterocycles. The Morgan fingerprint density at radius 3 is 1.17 bits per heavy atom. The van der Waals surface area contributed by atoms with E-state index in [1.807, 2.05) is 77.1 Å². The SMILES string of the molecule is C/C=C\c1cnc(-c2ccc(S(=O)(=O)NC(C)(C)C)s2)nc1Nc1cc(C2CC2)[nH]n1.C/C=C\c1cnc(-c2ccc(S(N)(=O)=O)s2)nc1Nc1cc(C2CC2)[nH]n1.C/C=[CH]\[Sn]([CH2]CCC)([CH2]CCC)[CH2]CCC.CC(C)(C)NS(=O)(=O)c1ccc(-c2ncc(Br)c(Nc3cc(C4CC4)[nH]n3)n2)s1. The van der Waals surface area contributed by atoms with Crippen LogP contribution < -0.4 is 30.5 Å². The number of primary sulfonamides is 1. The van der Waals surface area contributed by atoms with Crippen LogP contribution in [0.25, 0.3) is 44.3 Å². The van der Waals surface area contributed by atoms with Gasteiger partial charge in [-0.1, -0.05) is 24.3 Å². The maximum atomic E-state index is 12.6. The zero-order chi connectivity index (χ0) is 74.3. The summed E-state index contributed by atoms with van der Waals surface area (Å²) < 4.78 is 87.4. The number of rotatable bonds is 29. The molecule has 3 fully saturated rings. The van der Waals surface area contributed by atoms with Gasteiger partial charge in [0.25, 0.3) is 20.0 Å². The van der Waals surface area contributed by atoms with E-state index in [0.717, 1.165) is 62.2 Å². The van der Waals surface area contributed by atoms with Crippen molar-refractivity contribution in [2.75, 3.05) is 16.0 Å². The molecule has 3 saturated carbocycles. The second-order valence-corrected chi connectivity index (χ2v) is 50.7. The number of nitrogens with two attached hydrogens (primary N) is 1. The largest absolute Gasteiger partial charge is 0.322 e. The first-order valence-electron chi connectivity index (χ1n) is 35.0. The number of H-pyrrole nitrogens is 3. The molecule has 0 atom stereocenters. The number of allylic oxidation sites excluding steroid dienone is 3. The molecule has 0 amide bonds. The number of hydrogen-bond donors (Lipinski definition) is 9. The summed E-state index contributed by atoms with van der Waals surface area (Å²) in [6.45, 7) is 23.9. The molecule has 12 rings (SSSR count). The molecule has 0 spiro atoms. The van der Waals surface area contributed by atoms with Gasteiger partial charge in [0.15, 0.2) is 34.9 Å². The Labute approximate surface area is 631 Å². The molecular weight excluding hydrogens is 1590 g/mol. The summed E-state index contributed by atoms with van der Waals surface area (Å²) in [5.74, 6) is 6.88. The molecule has 0 radical (unpaired) electrons. The Kier molecular flexibility index (Phi) is 28.0. The van der Waals surface area contributed by atoms with E-state index in [9.17, 15) is 25.3 Å². The fourth-order valence-corrected chi connectivity index (χ4v) is 32.9. The van der Waals surface area contributed by atoms with Crippen LogP contribution in [0, 0.1) is 0 Å². The van der Waals surface area contributed by atoms with Crippen molar-refractivity contribution in [3.8, 4) is 32.1 Å². The summed E-state index contributed by atoms with van der Waals surface area (Å²) in [6.07, 6.45) is 30.8. The Balaban J connectivity index is 0.000000163. The summed E-state index contributed by atoms with van der Waals surface area (Å²) in [5, 5.41) is 37.0. The molecule has 0 saturated heterocycles. The van der Waals surface area contributed by atoms with E-state index in [4.69, 9.17) is 5.14 Å². The second-order valence-electron chi connectivity index (χ2n) is 28.0. The third kappa shape index (κ3) is 24.1. The smallest absolute Gasteiger partial charge is 0.250 e. The Hall–Kier alpha value is -6.40. The molecule has 32 heteroatoms. The first-order chi connectivity index (χ1) is 48.9. The van der Waals surface area contributed by atoms with Crippen LogP contribution >= 0.6 is 49.9 Å². The maximum absolute atomic E-state index is 12.6. The molecular formula is C71H97BrN18O6S6Sn. The van der Waals surface area contributed by atoms with Crippen molar-refractivity contribution >= 4 is 145 Å². The number of aromatic nitrogens is 12. The number of anilines is 6. The topological polar surface area (TPSA) is 352 Å². The van der Waals surface area contributed by atoms with Gasteiger partial charge in [-0.3, -0.25) is 15.3 Å². The van der Waals surface area contributed by atoms with Gasteiger partial charge >= 0.3 is 108 Å². The van der Waals surface area contributed by atoms with Crippen LogP contribution in [0.15, 0.2) is 113 Å². The number of thiophene rings is 3. The molecule has 554 valence electrons. The summed E-state index contributed by atoms with van der Waals surface area (Å²) in [6, 6.07) is 15.7. The molecule has 3 aliphatic rings. The van der Waals surface area contributed by atoms with Crippen molar-refractivity contribution in [3.05, 3.63) is 128 Å². The average molecular weight is 1690 g/mol.